The van der Waals surface area contributed by atoms with Gasteiger partial charge in [-0.2, -0.15) is 10.2 Å². The van der Waals surface area contributed by atoms with E-state index < -0.39 is 5.60 Å². The number of carbonyl (C=O) groups excluding carboxylic acids is 2. The van der Waals surface area contributed by atoms with Crippen LogP contribution in [0, 0.1) is 0 Å². The number of hydroxylamine groups is 1. The second kappa shape index (κ2) is 8.44. The van der Waals surface area contributed by atoms with Crippen molar-refractivity contribution in [2.45, 2.75) is 59.0 Å². The smallest absolute Gasteiger partial charge is 0.410 e. The quantitative estimate of drug-likeness (QED) is 0.764. The number of ether oxygens (including phenoxy) is 1. The van der Waals surface area contributed by atoms with Gasteiger partial charge in [-0.25, -0.2) is 4.79 Å². The van der Waals surface area contributed by atoms with Crippen LogP contribution in [-0.4, -0.2) is 52.4 Å². The van der Waals surface area contributed by atoms with Crippen LogP contribution >= 0.6 is 0 Å². The van der Waals surface area contributed by atoms with Crippen molar-refractivity contribution >= 4 is 17.8 Å². The van der Waals surface area contributed by atoms with Gasteiger partial charge in [0, 0.05) is 25.9 Å². The maximum absolute atomic E-state index is 12.1. The SMILES string of the molecule is CCON(C(C)=O)c1ccc(C2CCN(C(=O)OC(C)(C)C)CC2)nn1. The average Bonchev–Trinajstić information content (AvgIpc) is 2.58. The molecule has 0 bridgehead atoms. The van der Waals surface area contributed by atoms with Gasteiger partial charge in [-0.1, -0.05) is 0 Å². The molecule has 1 aliphatic rings. The van der Waals surface area contributed by atoms with E-state index in [9.17, 15) is 9.59 Å². The summed E-state index contributed by atoms with van der Waals surface area (Å²) in [4.78, 5) is 30.7. The van der Waals surface area contributed by atoms with Crippen LogP contribution in [0.2, 0.25) is 0 Å². The molecular weight excluding hydrogens is 336 g/mol. The highest BCUT2D eigenvalue weighted by atomic mass is 16.7. The van der Waals surface area contributed by atoms with Gasteiger partial charge in [0.1, 0.15) is 5.60 Å². The van der Waals surface area contributed by atoms with Crippen LogP contribution in [0.3, 0.4) is 0 Å². The summed E-state index contributed by atoms with van der Waals surface area (Å²) in [5, 5.41) is 9.52. The van der Waals surface area contributed by atoms with Crippen molar-refractivity contribution in [1.82, 2.24) is 15.1 Å². The molecule has 0 radical (unpaired) electrons. The van der Waals surface area contributed by atoms with Crippen LogP contribution in [0.1, 0.15) is 59.1 Å². The molecule has 1 aliphatic heterocycles. The predicted octanol–water partition coefficient (Wildman–Crippen LogP) is 2.90. The molecule has 0 N–H and O–H groups in total. The number of piperidine rings is 1. The zero-order valence-corrected chi connectivity index (χ0v) is 16.2. The number of likely N-dealkylation sites (tertiary alicyclic amines) is 1. The van der Waals surface area contributed by atoms with E-state index in [1.165, 1.54) is 6.92 Å². The molecule has 1 aromatic rings. The van der Waals surface area contributed by atoms with E-state index in [0.717, 1.165) is 23.6 Å². The molecule has 26 heavy (non-hydrogen) atoms. The topological polar surface area (TPSA) is 84.9 Å². The number of aromatic nitrogens is 2. The molecular formula is C18H28N4O4. The number of carbonyl (C=O) groups is 2. The minimum absolute atomic E-state index is 0.230. The Kier molecular flexibility index (Phi) is 6.52. The first-order valence-electron chi connectivity index (χ1n) is 8.96. The molecule has 2 amide bonds. The highest BCUT2D eigenvalue weighted by Gasteiger charge is 2.28. The highest BCUT2D eigenvalue weighted by molar-refractivity contribution is 5.88. The molecule has 144 valence electrons. The fourth-order valence-electron chi connectivity index (χ4n) is 2.79. The maximum Gasteiger partial charge on any atom is 0.410 e. The predicted molar refractivity (Wildman–Crippen MR) is 96.6 cm³/mol. The number of hydrogen-bond donors (Lipinski definition) is 0. The van der Waals surface area contributed by atoms with Crippen molar-refractivity contribution in [1.29, 1.82) is 0 Å². The molecule has 1 fully saturated rings. The zero-order valence-electron chi connectivity index (χ0n) is 16.2. The summed E-state index contributed by atoms with van der Waals surface area (Å²) in [6, 6.07) is 3.60. The summed E-state index contributed by atoms with van der Waals surface area (Å²) in [5.41, 5.74) is 0.371. The van der Waals surface area contributed by atoms with Crippen LogP contribution in [0.4, 0.5) is 10.6 Å². The van der Waals surface area contributed by atoms with Crippen molar-refractivity contribution in [3.8, 4) is 0 Å². The van der Waals surface area contributed by atoms with Gasteiger partial charge < -0.3 is 9.64 Å². The first-order valence-corrected chi connectivity index (χ1v) is 8.96. The second-order valence-corrected chi connectivity index (χ2v) is 7.29. The number of rotatable bonds is 4. The summed E-state index contributed by atoms with van der Waals surface area (Å²) < 4.78 is 5.41. The normalized spacial score (nSPS) is 15.7. The third-order valence-electron chi connectivity index (χ3n) is 3.99. The largest absolute Gasteiger partial charge is 0.444 e. The molecule has 0 aromatic carbocycles. The number of hydrogen-bond acceptors (Lipinski definition) is 6. The minimum atomic E-state index is -0.488. The fraction of sp³-hybridized carbons (Fsp3) is 0.667. The minimum Gasteiger partial charge on any atom is -0.444 e. The number of nitrogens with zero attached hydrogens (tertiary/aromatic N) is 4. The lowest BCUT2D eigenvalue weighted by atomic mass is 9.93. The van der Waals surface area contributed by atoms with Crippen molar-refractivity contribution in [2.75, 3.05) is 24.8 Å². The summed E-state index contributed by atoms with van der Waals surface area (Å²) >= 11 is 0. The summed E-state index contributed by atoms with van der Waals surface area (Å²) in [7, 11) is 0. The third kappa shape index (κ3) is 5.39. The molecule has 2 rings (SSSR count). The van der Waals surface area contributed by atoms with E-state index in [0.29, 0.717) is 25.5 Å². The molecule has 0 spiro atoms. The average molecular weight is 364 g/mol. The van der Waals surface area contributed by atoms with E-state index in [-0.39, 0.29) is 17.9 Å². The van der Waals surface area contributed by atoms with Crippen molar-refractivity contribution < 1.29 is 19.2 Å². The van der Waals surface area contributed by atoms with Crippen LogP contribution < -0.4 is 5.06 Å². The molecule has 0 atom stereocenters. The van der Waals surface area contributed by atoms with Gasteiger partial charge in [-0.05, 0) is 52.7 Å². The Balaban J connectivity index is 1.95. The fourth-order valence-corrected chi connectivity index (χ4v) is 2.79. The zero-order chi connectivity index (χ0) is 19.3. The number of anilines is 1. The lowest BCUT2D eigenvalue weighted by molar-refractivity contribution is -0.123. The highest BCUT2D eigenvalue weighted by Crippen LogP contribution is 2.28. The van der Waals surface area contributed by atoms with Gasteiger partial charge >= 0.3 is 6.09 Å². The Labute approximate surface area is 154 Å². The van der Waals surface area contributed by atoms with Gasteiger partial charge in [0.05, 0.1) is 12.3 Å². The van der Waals surface area contributed by atoms with E-state index in [4.69, 9.17) is 9.57 Å². The van der Waals surface area contributed by atoms with Crippen LogP contribution in [0.15, 0.2) is 12.1 Å². The Hall–Kier alpha value is -2.22. The molecule has 1 aromatic heterocycles. The van der Waals surface area contributed by atoms with Gasteiger partial charge in [-0.3, -0.25) is 9.63 Å². The molecule has 0 saturated carbocycles. The van der Waals surface area contributed by atoms with Crippen LogP contribution in [-0.2, 0) is 14.4 Å². The monoisotopic (exact) mass is 364 g/mol. The van der Waals surface area contributed by atoms with Gasteiger partial charge in [-0.15, -0.1) is 5.10 Å². The summed E-state index contributed by atoms with van der Waals surface area (Å²) in [6.45, 7) is 10.4. The van der Waals surface area contributed by atoms with E-state index in [1.54, 1.807) is 17.9 Å². The summed E-state index contributed by atoms with van der Waals surface area (Å²) in [6.07, 6.45) is 1.33. The molecule has 0 aliphatic carbocycles. The van der Waals surface area contributed by atoms with E-state index >= 15 is 0 Å². The lowest BCUT2D eigenvalue weighted by Crippen LogP contribution is -2.41. The Morgan fingerprint density at radius 3 is 2.35 bits per heavy atom. The third-order valence-corrected chi connectivity index (χ3v) is 3.99. The molecule has 8 nitrogen and oxygen atoms in total. The first-order chi connectivity index (χ1) is 12.2. The van der Waals surface area contributed by atoms with Crippen molar-refractivity contribution in [3.63, 3.8) is 0 Å². The van der Waals surface area contributed by atoms with Crippen LogP contribution in [0.5, 0.6) is 0 Å². The molecule has 8 heteroatoms. The Morgan fingerprint density at radius 2 is 1.88 bits per heavy atom. The van der Waals surface area contributed by atoms with E-state index in [1.807, 2.05) is 26.8 Å². The number of amides is 2. The van der Waals surface area contributed by atoms with Crippen LogP contribution in [0.25, 0.3) is 0 Å². The summed E-state index contributed by atoms with van der Waals surface area (Å²) in [5.74, 6) is 0.349. The van der Waals surface area contributed by atoms with Gasteiger partial charge in [0.2, 0.25) is 5.91 Å². The standard InChI is InChI=1S/C18H28N4O4/c1-6-25-22(13(2)23)16-8-7-15(19-20-16)14-9-11-21(12-10-14)17(24)26-18(3,4)5/h7-8,14H,6,9-12H2,1-5H3. The van der Waals surface area contributed by atoms with Crippen molar-refractivity contribution in [3.05, 3.63) is 17.8 Å². The first kappa shape index (κ1) is 20.1. The van der Waals surface area contributed by atoms with Gasteiger partial charge in [0.25, 0.3) is 0 Å². The molecule has 1 saturated heterocycles. The lowest BCUT2D eigenvalue weighted by Gasteiger charge is -2.33. The Morgan fingerprint density at radius 1 is 1.23 bits per heavy atom. The Bertz CT molecular complexity index is 619. The maximum atomic E-state index is 12.1. The van der Waals surface area contributed by atoms with Gasteiger partial charge in [0.15, 0.2) is 5.82 Å². The van der Waals surface area contributed by atoms with E-state index in [2.05, 4.69) is 10.2 Å². The molecule has 2 heterocycles. The van der Waals surface area contributed by atoms with Crippen molar-refractivity contribution in [2.24, 2.45) is 0 Å². The molecule has 0 unspecified atom stereocenters. The second-order valence-electron chi connectivity index (χ2n) is 7.29.